The van der Waals surface area contributed by atoms with Crippen LogP contribution in [0.2, 0.25) is 0 Å². The fraction of sp³-hybridized carbons (Fsp3) is 0.562. The van der Waals surface area contributed by atoms with E-state index < -0.39 is 6.16 Å². The van der Waals surface area contributed by atoms with Crippen molar-refractivity contribution >= 4 is 6.16 Å². The molecule has 0 bridgehead atoms. The van der Waals surface area contributed by atoms with E-state index in [1.807, 2.05) is 19.1 Å². The molecule has 106 valence electrons. The molecule has 0 aliphatic heterocycles. The van der Waals surface area contributed by atoms with E-state index in [4.69, 9.17) is 9.47 Å². The van der Waals surface area contributed by atoms with Gasteiger partial charge in [0.05, 0.1) is 6.61 Å². The van der Waals surface area contributed by atoms with E-state index in [1.165, 1.54) is 11.1 Å². The first-order chi connectivity index (χ1) is 9.17. The molecular formula is C16H24O3. The smallest absolute Gasteiger partial charge is 0.434 e. The number of carbonyl (C=O) groups is 1. The van der Waals surface area contributed by atoms with E-state index in [2.05, 4.69) is 20.8 Å². The Morgan fingerprint density at radius 2 is 1.68 bits per heavy atom. The van der Waals surface area contributed by atoms with Gasteiger partial charge in [0.25, 0.3) is 0 Å². The van der Waals surface area contributed by atoms with Gasteiger partial charge in [0, 0.05) is 0 Å². The fourth-order valence-electron chi connectivity index (χ4n) is 2.28. The molecule has 0 fully saturated rings. The highest BCUT2D eigenvalue weighted by molar-refractivity contribution is 5.65. The lowest BCUT2D eigenvalue weighted by atomic mass is 9.95. The molecule has 3 heteroatoms. The molecule has 1 rings (SSSR count). The molecule has 1 aromatic rings. The van der Waals surface area contributed by atoms with E-state index >= 15 is 0 Å². The van der Waals surface area contributed by atoms with Gasteiger partial charge in [-0.15, -0.1) is 0 Å². The van der Waals surface area contributed by atoms with Gasteiger partial charge in [0.2, 0.25) is 0 Å². The molecule has 0 radical (unpaired) electrons. The zero-order chi connectivity index (χ0) is 14.3. The minimum atomic E-state index is -0.608. The third-order valence-corrected chi connectivity index (χ3v) is 3.19. The van der Waals surface area contributed by atoms with Gasteiger partial charge in [-0.05, 0) is 48.4 Å². The minimum Gasteiger partial charge on any atom is -0.434 e. The maximum Gasteiger partial charge on any atom is 0.513 e. The van der Waals surface area contributed by atoms with Gasteiger partial charge in [-0.25, -0.2) is 4.79 Å². The molecule has 0 saturated heterocycles. The number of ether oxygens (including phenoxy) is 2. The number of aryl methyl sites for hydroxylation is 1. The Kier molecular flexibility index (Phi) is 6.40. The number of benzene rings is 1. The van der Waals surface area contributed by atoms with Crippen molar-refractivity contribution < 1.29 is 14.3 Å². The quantitative estimate of drug-likeness (QED) is 0.567. The molecule has 0 unspecified atom stereocenters. The molecule has 0 atom stereocenters. The van der Waals surface area contributed by atoms with Gasteiger partial charge in [0.15, 0.2) is 0 Å². The summed E-state index contributed by atoms with van der Waals surface area (Å²) in [6, 6.07) is 3.92. The Bertz CT molecular complexity index is 424. The van der Waals surface area contributed by atoms with Crippen molar-refractivity contribution in [3.63, 3.8) is 0 Å². The zero-order valence-corrected chi connectivity index (χ0v) is 12.4. The lowest BCUT2D eigenvalue weighted by Gasteiger charge is -2.16. The fourth-order valence-corrected chi connectivity index (χ4v) is 2.28. The minimum absolute atomic E-state index is 0.397. The third kappa shape index (κ3) is 3.98. The monoisotopic (exact) mass is 264 g/mol. The Balaban J connectivity index is 2.98. The van der Waals surface area contributed by atoms with Crippen molar-refractivity contribution in [1.29, 1.82) is 0 Å². The van der Waals surface area contributed by atoms with Crippen LogP contribution in [0.4, 0.5) is 4.79 Å². The standard InChI is InChI=1S/C16H24O3/c1-5-11-18-16(17)19-15-10-9-12(6-2)13(7-3)14(15)8-4/h9-10H,5-8,11H2,1-4H3. The van der Waals surface area contributed by atoms with Crippen molar-refractivity contribution in [3.8, 4) is 5.75 Å². The maximum atomic E-state index is 11.5. The first kappa shape index (κ1) is 15.5. The van der Waals surface area contributed by atoms with Crippen LogP contribution in [0.15, 0.2) is 12.1 Å². The van der Waals surface area contributed by atoms with E-state index in [-0.39, 0.29) is 0 Å². The topological polar surface area (TPSA) is 35.5 Å². The Labute approximate surface area is 115 Å². The summed E-state index contributed by atoms with van der Waals surface area (Å²) in [5, 5.41) is 0. The number of carbonyl (C=O) groups excluding carboxylic acids is 1. The van der Waals surface area contributed by atoms with Gasteiger partial charge in [0.1, 0.15) is 5.75 Å². The van der Waals surface area contributed by atoms with Crippen molar-refractivity contribution in [2.75, 3.05) is 6.61 Å². The largest absolute Gasteiger partial charge is 0.513 e. The summed E-state index contributed by atoms with van der Waals surface area (Å²) in [6.45, 7) is 8.71. The van der Waals surface area contributed by atoms with Gasteiger partial charge < -0.3 is 9.47 Å². The molecule has 0 aliphatic rings. The summed E-state index contributed by atoms with van der Waals surface area (Å²) < 4.78 is 10.3. The molecule has 0 aromatic heterocycles. The Morgan fingerprint density at radius 3 is 2.21 bits per heavy atom. The van der Waals surface area contributed by atoms with Crippen LogP contribution in [0.1, 0.15) is 50.8 Å². The zero-order valence-electron chi connectivity index (χ0n) is 12.4. The summed E-state index contributed by atoms with van der Waals surface area (Å²) in [7, 11) is 0. The summed E-state index contributed by atoms with van der Waals surface area (Å²) >= 11 is 0. The second kappa shape index (κ2) is 7.82. The molecule has 0 amide bonds. The predicted octanol–water partition coefficient (Wildman–Crippen LogP) is 4.30. The van der Waals surface area contributed by atoms with Crippen molar-refractivity contribution in [2.45, 2.75) is 53.4 Å². The molecule has 1 aromatic carbocycles. The number of hydrogen-bond donors (Lipinski definition) is 0. The SMILES string of the molecule is CCCOC(=O)Oc1ccc(CC)c(CC)c1CC. The highest BCUT2D eigenvalue weighted by Gasteiger charge is 2.14. The van der Waals surface area contributed by atoms with Gasteiger partial charge in [-0.2, -0.15) is 0 Å². The summed E-state index contributed by atoms with van der Waals surface area (Å²) in [5.74, 6) is 0.637. The third-order valence-electron chi connectivity index (χ3n) is 3.19. The van der Waals surface area contributed by atoms with E-state index in [9.17, 15) is 4.79 Å². The lowest BCUT2D eigenvalue weighted by molar-refractivity contribution is 0.0988. The van der Waals surface area contributed by atoms with Crippen molar-refractivity contribution in [2.24, 2.45) is 0 Å². The lowest BCUT2D eigenvalue weighted by Crippen LogP contribution is -2.13. The van der Waals surface area contributed by atoms with Crippen LogP contribution < -0.4 is 4.74 Å². The normalized spacial score (nSPS) is 10.3. The van der Waals surface area contributed by atoms with Crippen molar-refractivity contribution in [3.05, 3.63) is 28.8 Å². The first-order valence-corrected chi connectivity index (χ1v) is 7.15. The van der Waals surface area contributed by atoms with Crippen LogP contribution in [0.3, 0.4) is 0 Å². The number of hydrogen-bond acceptors (Lipinski definition) is 3. The highest BCUT2D eigenvalue weighted by Crippen LogP contribution is 2.27. The molecule has 3 nitrogen and oxygen atoms in total. The van der Waals surface area contributed by atoms with Gasteiger partial charge >= 0.3 is 6.16 Å². The van der Waals surface area contributed by atoms with E-state index in [1.54, 1.807) is 0 Å². The molecular weight excluding hydrogens is 240 g/mol. The average molecular weight is 264 g/mol. The molecule has 0 heterocycles. The molecule has 0 spiro atoms. The molecule has 19 heavy (non-hydrogen) atoms. The van der Waals surface area contributed by atoms with Crippen LogP contribution in [-0.2, 0) is 24.0 Å². The van der Waals surface area contributed by atoms with Crippen LogP contribution in [0, 0.1) is 0 Å². The van der Waals surface area contributed by atoms with Crippen molar-refractivity contribution in [1.82, 2.24) is 0 Å². The van der Waals surface area contributed by atoms with Crippen LogP contribution >= 0.6 is 0 Å². The van der Waals surface area contributed by atoms with E-state index in [0.29, 0.717) is 12.4 Å². The highest BCUT2D eigenvalue weighted by atomic mass is 16.7. The Hall–Kier alpha value is -1.51. The van der Waals surface area contributed by atoms with Gasteiger partial charge in [-0.1, -0.05) is 33.8 Å². The number of rotatable bonds is 6. The first-order valence-electron chi connectivity index (χ1n) is 7.15. The second-order valence-electron chi connectivity index (χ2n) is 4.44. The summed E-state index contributed by atoms with van der Waals surface area (Å²) in [4.78, 5) is 11.5. The maximum absolute atomic E-state index is 11.5. The van der Waals surface area contributed by atoms with Crippen LogP contribution in [0.5, 0.6) is 5.75 Å². The molecule has 0 saturated carbocycles. The van der Waals surface area contributed by atoms with Gasteiger partial charge in [-0.3, -0.25) is 0 Å². The predicted molar refractivity (Wildman–Crippen MR) is 76.8 cm³/mol. The summed E-state index contributed by atoms with van der Waals surface area (Å²) in [6.07, 6.45) is 2.99. The molecule has 0 aliphatic carbocycles. The Morgan fingerprint density at radius 1 is 1.00 bits per heavy atom. The summed E-state index contributed by atoms with van der Waals surface area (Å²) in [5.41, 5.74) is 3.75. The average Bonchev–Trinajstić information content (AvgIpc) is 2.44. The van der Waals surface area contributed by atoms with Crippen LogP contribution in [-0.4, -0.2) is 12.8 Å². The second-order valence-corrected chi connectivity index (χ2v) is 4.44. The van der Waals surface area contributed by atoms with E-state index in [0.717, 1.165) is 31.2 Å². The molecule has 0 N–H and O–H groups in total. The van der Waals surface area contributed by atoms with Crippen LogP contribution in [0.25, 0.3) is 0 Å².